The van der Waals surface area contributed by atoms with Gasteiger partial charge in [0.05, 0.1) is 9.77 Å². The monoisotopic (exact) mass is 400 g/mol. The topological polar surface area (TPSA) is 34.1 Å². The highest BCUT2D eigenvalue weighted by molar-refractivity contribution is 7.90. The largest absolute Gasteiger partial charge is 0.224 e. The van der Waals surface area contributed by atoms with E-state index in [1.165, 1.54) is 44.9 Å². The van der Waals surface area contributed by atoms with Gasteiger partial charge in [0.25, 0.3) is 0 Å². The molecule has 124 valence electrons. The van der Waals surface area contributed by atoms with Crippen molar-refractivity contribution in [3.63, 3.8) is 0 Å². The van der Waals surface area contributed by atoms with Crippen LogP contribution in [-0.2, 0) is 9.84 Å². The summed E-state index contributed by atoms with van der Waals surface area (Å²) in [7, 11) is -0.587. The van der Waals surface area contributed by atoms with Gasteiger partial charge >= 0.3 is 0 Å². The Morgan fingerprint density at radius 1 is 1.00 bits per heavy atom. The number of halogens is 2. The zero-order valence-electron chi connectivity index (χ0n) is 12.2. The van der Waals surface area contributed by atoms with Gasteiger partial charge in [0.2, 0.25) is 0 Å². The van der Waals surface area contributed by atoms with Crippen molar-refractivity contribution in [1.29, 1.82) is 0 Å². The van der Waals surface area contributed by atoms with Crippen LogP contribution in [0.5, 0.6) is 0 Å². The number of sulfone groups is 1. The van der Waals surface area contributed by atoms with Gasteiger partial charge in [0.1, 0.15) is 15.5 Å². The lowest BCUT2D eigenvalue weighted by atomic mass is 10.0. The van der Waals surface area contributed by atoms with Gasteiger partial charge in [-0.15, -0.1) is 0 Å². The van der Waals surface area contributed by atoms with Crippen LogP contribution in [0.3, 0.4) is 0 Å². The molecule has 24 heavy (non-hydrogen) atoms. The van der Waals surface area contributed by atoms with E-state index in [0.29, 0.717) is 9.39 Å². The Morgan fingerprint density at radius 3 is 2.25 bits per heavy atom. The number of benzene rings is 2. The summed E-state index contributed by atoms with van der Waals surface area (Å²) in [5, 5.41) is 0. The van der Waals surface area contributed by atoms with E-state index in [1.54, 1.807) is 12.1 Å². The lowest BCUT2D eigenvalue weighted by molar-refractivity contribution is 0.585. The molecule has 0 amide bonds. The van der Waals surface area contributed by atoms with Crippen LogP contribution < -0.4 is 0 Å². The fourth-order valence-corrected chi connectivity index (χ4v) is 5.75. The van der Waals surface area contributed by atoms with Gasteiger partial charge in [-0.05, 0) is 29.8 Å². The van der Waals surface area contributed by atoms with Crippen LogP contribution in [0.15, 0.2) is 47.4 Å². The van der Waals surface area contributed by atoms with Gasteiger partial charge in [-0.3, -0.25) is 0 Å². The van der Waals surface area contributed by atoms with Crippen LogP contribution in [0, 0.1) is 15.5 Å². The molecular weight excluding hydrogens is 390 g/mol. The SMILES string of the molecule is CS(=O)(=O)c1ccc(-c2ssc(=S)c2-c2ccc(F)cc2F)cc1. The molecule has 0 saturated carbocycles. The first kappa shape index (κ1) is 17.3. The number of rotatable bonds is 3. The molecular formula is C16H10F2O2S4. The van der Waals surface area contributed by atoms with Crippen molar-refractivity contribution in [3.8, 4) is 21.6 Å². The molecule has 0 atom stereocenters. The summed E-state index contributed by atoms with van der Waals surface area (Å²) in [5.74, 6) is -1.33. The Hall–Kier alpha value is -1.48. The Kier molecular flexibility index (Phi) is 4.65. The molecule has 0 aliphatic heterocycles. The maximum absolute atomic E-state index is 14.2. The van der Waals surface area contributed by atoms with Crippen molar-refractivity contribution in [1.82, 2.24) is 0 Å². The third-order valence-corrected chi connectivity index (χ3v) is 7.57. The predicted molar refractivity (Wildman–Crippen MR) is 96.9 cm³/mol. The molecule has 0 N–H and O–H groups in total. The van der Waals surface area contributed by atoms with Crippen molar-refractivity contribution >= 4 is 42.7 Å². The van der Waals surface area contributed by atoms with E-state index in [0.717, 1.165) is 22.8 Å². The molecule has 3 aromatic rings. The minimum absolute atomic E-state index is 0.208. The van der Waals surface area contributed by atoms with Crippen molar-refractivity contribution in [2.75, 3.05) is 6.26 Å². The van der Waals surface area contributed by atoms with Crippen molar-refractivity contribution in [3.05, 3.63) is 57.9 Å². The van der Waals surface area contributed by atoms with Crippen LogP contribution in [0.1, 0.15) is 0 Å². The maximum Gasteiger partial charge on any atom is 0.175 e. The molecule has 1 heterocycles. The Morgan fingerprint density at radius 2 is 1.67 bits per heavy atom. The molecule has 0 aliphatic rings. The Bertz CT molecular complexity index is 1060. The summed E-state index contributed by atoms with van der Waals surface area (Å²) < 4.78 is 50.9. The van der Waals surface area contributed by atoms with Gasteiger partial charge in [-0.1, -0.05) is 45.0 Å². The van der Waals surface area contributed by atoms with E-state index in [2.05, 4.69) is 0 Å². The van der Waals surface area contributed by atoms with Crippen LogP contribution in [0.2, 0.25) is 0 Å². The highest BCUT2D eigenvalue weighted by Crippen LogP contribution is 2.42. The lowest BCUT2D eigenvalue weighted by Gasteiger charge is -2.06. The van der Waals surface area contributed by atoms with Gasteiger partial charge in [-0.2, -0.15) is 0 Å². The second-order valence-corrected chi connectivity index (χ2v) is 9.91. The molecule has 0 unspecified atom stereocenters. The highest BCUT2D eigenvalue weighted by atomic mass is 32.9. The lowest BCUT2D eigenvalue weighted by Crippen LogP contribution is -1.96. The molecule has 0 fully saturated rings. The van der Waals surface area contributed by atoms with Crippen molar-refractivity contribution in [2.24, 2.45) is 0 Å². The van der Waals surface area contributed by atoms with Crippen LogP contribution in [0.4, 0.5) is 8.78 Å². The minimum Gasteiger partial charge on any atom is -0.224 e. The van der Waals surface area contributed by atoms with Gasteiger partial charge < -0.3 is 0 Å². The maximum atomic E-state index is 14.2. The van der Waals surface area contributed by atoms with Gasteiger partial charge in [-0.25, -0.2) is 17.2 Å². The smallest absolute Gasteiger partial charge is 0.175 e. The number of hydrogen-bond donors (Lipinski definition) is 0. The van der Waals surface area contributed by atoms with Gasteiger partial charge in [0.15, 0.2) is 9.84 Å². The van der Waals surface area contributed by atoms with E-state index < -0.39 is 21.5 Å². The molecule has 8 heteroatoms. The molecule has 0 radical (unpaired) electrons. The molecule has 0 spiro atoms. The number of hydrogen-bond acceptors (Lipinski definition) is 5. The Labute approximate surface area is 150 Å². The van der Waals surface area contributed by atoms with Crippen LogP contribution in [0.25, 0.3) is 21.6 Å². The average molecular weight is 401 g/mol. The summed E-state index contributed by atoms with van der Waals surface area (Å²) >= 11 is 5.30. The molecule has 3 rings (SSSR count). The molecule has 0 bridgehead atoms. The summed E-state index contributed by atoms with van der Waals surface area (Å²) in [6, 6.07) is 9.70. The standard InChI is InChI=1S/C16H10F2O2S4/c1-24(19,20)11-5-2-9(3-6-11)15-14(16(21)23-22-15)12-7-4-10(17)8-13(12)18/h2-8H,1H3. The zero-order valence-corrected chi connectivity index (χ0v) is 15.5. The second kappa shape index (κ2) is 6.44. The highest BCUT2D eigenvalue weighted by Gasteiger charge is 2.17. The first-order valence-electron chi connectivity index (χ1n) is 6.66. The third-order valence-electron chi connectivity index (χ3n) is 3.38. The molecule has 0 aliphatic carbocycles. The van der Waals surface area contributed by atoms with Crippen LogP contribution >= 0.6 is 32.9 Å². The second-order valence-electron chi connectivity index (χ2n) is 5.08. The quantitative estimate of drug-likeness (QED) is 0.427. The van der Waals surface area contributed by atoms with E-state index >= 15 is 0 Å². The normalized spacial score (nSPS) is 11.6. The van der Waals surface area contributed by atoms with Gasteiger partial charge in [0, 0.05) is 23.4 Å². The predicted octanol–water partition coefficient (Wildman–Crippen LogP) is 5.55. The minimum atomic E-state index is -3.29. The van der Waals surface area contributed by atoms with Crippen LogP contribution in [-0.4, -0.2) is 14.7 Å². The fourth-order valence-electron chi connectivity index (χ4n) is 2.23. The molecule has 2 aromatic carbocycles. The molecule has 0 saturated heterocycles. The Balaban J connectivity index is 2.16. The van der Waals surface area contributed by atoms with Crippen molar-refractivity contribution < 1.29 is 17.2 Å². The molecule has 1 aromatic heterocycles. The first-order valence-corrected chi connectivity index (χ1v) is 11.1. The summed E-state index contributed by atoms with van der Waals surface area (Å²) in [6.45, 7) is 0. The van der Waals surface area contributed by atoms with E-state index in [4.69, 9.17) is 12.2 Å². The fraction of sp³-hybridized carbons (Fsp3) is 0.0625. The first-order chi connectivity index (χ1) is 11.3. The summed E-state index contributed by atoms with van der Waals surface area (Å²) in [4.78, 5) is 0.940. The zero-order chi connectivity index (χ0) is 17.5. The molecule has 2 nitrogen and oxygen atoms in total. The van der Waals surface area contributed by atoms with Crippen molar-refractivity contribution in [2.45, 2.75) is 4.90 Å². The average Bonchev–Trinajstić information content (AvgIpc) is 2.88. The third kappa shape index (κ3) is 3.32. The summed E-state index contributed by atoms with van der Waals surface area (Å²) in [6.07, 6.45) is 1.13. The van der Waals surface area contributed by atoms with E-state index in [1.807, 2.05) is 0 Å². The van der Waals surface area contributed by atoms with E-state index in [-0.39, 0.29) is 10.5 Å². The van der Waals surface area contributed by atoms with E-state index in [9.17, 15) is 17.2 Å². The summed E-state index contributed by atoms with van der Waals surface area (Å²) in [5.41, 5.74) is 1.50.